The van der Waals surface area contributed by atoms with Crippen molar-refractivity contribution in [1.82, 2.24) is 4.90 Å². The summed E-state index contributed by atoms with van der Waals surface area (Å²) < 4.78 is 0. The first kappa shape index (κ1) is 6.51. The molecule has 1 aliphatic rings. The highest BCUT2D eigenvalue weighted by atomic mass is 16.3. The SMILES string of the molecule is [O]C1CN(C(=O)CO)C1. The Balaban J connectivity index is 2.23. The van der Waals surface area contributed by atoms with E-state index in [4.69, 9.17) is 5.11 Å². The Morgan fingerprint density at radius 3 is 2.56 bits per heavy atom. The van der Waals surface area contributed by atoms with Crippen LogP contribution in [0.2, 0.25) is 0 Å². The second-order valence-electron chi connectivity index (χ2n) is 2.08. The number of hydrogen-bond acceptors (Lipinski definition) is 2. The summed E-state index contributed by atoms with van der Waals surface area (Å²) in [4.78, 5) is 11.8. The molecular formula is C5H8NO3. The number of aliphatic hydroxyl groups excluding tert-OH is 1. The molecule has 0 aromatic heterocycles. The van der Waals surface area contributed by atoms with Crippen LogP contribution in [0.25, 0.3) is 0 Å². The first-order chi connectivity index (χ1) is 4.24. The molecule has 1 heterocycles. The molecule has 1 saturated heterocycles. The lowest BCUT2D eigenvalue weighted by Crippen LogP contribution is -2.53. The number of likely N-dealkylation sites (tertiary alicyclic amines) is 1. The van der Waals surface area contributed by atoms with Crippen molar-refractivity contribution >= 4 is 5.91 Å². The Bertz CT molecular complexity index is 119. The van der Waals surface area contributed by atoms with Gasteiger partial charge in [0.15, 0.2) is 0 Å². The summed E-state index contributed by atoms with van der Waals surface area (Å²) in [6.07, 6.45) is -0.625. The Kier molecular flexibility index (Phi) is 1.68. The third-order valence-electron chi connectivity index (χ3n) is 1.34. The summed E-state index contributed by atoms with van der Waals surface area (Å²) in [5, 5.41) is 18.6. The fourth-order valence-electron chi connectivity index (χ4n) is 0.742. The molecule has 1 rings (SSSR count). The Labute approximate surface area is 52.7 Å². The molecule has 4 heteroatoms. The molecule has 1 amide bonds. The average molecular weight is 130 g/mol. The largest absolute Gasteiger partial charge is 0.387 e. The molecule has 1 fully saturated rings. The van der Waals surface area contributed by atoms with Crippen molar-refractivity contribution < 1.29 is 15.0 Å². The molecule has 4 nitrogen and oxygen atoms in total. The highest BCUT2D eigenvalue weighted by Gasteiger charge is 2.29. The number of aliphatic hydroxyl groups is 1. The van der Waals surface area contributed by atoms with E-state index >= 15 is 0 Å². The Morgan fingerprint density at radius 1 is 1.67 bits per heavy atom. The summed E-state index contributed by atoms with van der Waals surface area (Å²) >= 11 is 0. The van der Waals surface area contributed by atoms with Crippen molar-refractivity contribution in [2.24, 2.45) is 0 Å². The number of carbonyl (C=O) groups is 1. The predicted octanol–water partition coefficient (Wildman–Crippen LogP) is -1.38. The fraction of sp³-hybridized carbons (Fsp3) is 0.800. The van der Waals surface area contributed by atoms with E-state index < -0.39 is 12.7 Å². The third kappa shape index (κ3) is 1.20. The minimum atomic E-state index is -0.625. The standard InChI is InChI=1S/C5H8NO3/c7-3-5(9)6-1-4(8)2-6/h4,7H,1-3H2. The van der Waals surface area contributed by atoms with Crippen LogP contribution in [0.1, 0.15) is 0 Å². The van der Waals surface area contributed by atoms with Gasteiger partial charge in [-0.3, -0.25) is 4.79 Å². The highest BCUT2D eigenvalue weighted by molar-refractivity contribution is 5.78. The van der Waals surface area contributed by atoms with Gasteiger partial charge in [-0.05, 0) is 0 Å². The summed E-state index contributed by atoms with van der Waals surface area (Å²) in [5.41, 5.74) is 0. The molecule has 0 atom stereocenters. The zero-order valence-electron chi connectivity index (χ0n) is 4.91. The quantitative estimate of drug-likeness (QED) is 0.475. The van der Waals surface area contributed by atoms with E-state index in [-0.39, 0.29) is 19.0 Å². The molecule has 1 N–H and O–H groups in total. The average Bonchev–Trinajstić information content (AvgIpc) is 1.79. The zero-order chi connectivity index (χ0) is 6.85. The minimum absolute atomic E-state index is 0.263. The van der Waals surface area contributed by atoms with Crippen LogP contribution in [0.4, 0.5) is 0 Å². The number of carbonyl (C=O) groups excluding carboxylic acids is 1. The van der Waals surface area contributed by atoms with Crippen LogP contribution >= 0.6 is 0 Å². The third-order valence-corrected chi connectivity index (χ3v) is 1.34. The maximum atomic E-state index is 10.5. The van der Waals surface area contributed by atoms with Gasteiger partial charge in [-0.1, -0.05) is 0 Å². The predicted molar refractivity (Wildman–Crippen MR) is 28.1 cm³/mol. The number of nitrogens with zero attached hydrogens (tertiary/aromatic N) is 1. The molecule has 9 heavy (non-hydrogen) atoms. The van der Waals surface area contributed by atoms with Crippen LogP contribution < -0.4 is 0 Å². The van der Waals surface area contributed by atoms with Gasteiger partial charge >= 0.3 is 0 Å². The van der Waals surface area contributed by atoms with Crippen LogP contribution in [0.15, 0.2) is 0 Å². The van der Waals surface area contributed by atoms with Crippen molar-refractivity contribution in [2.45, 2.75) is 6.10 Å². The van der Waals surface area contributed by atoms with E-state index in [1.807, 2.05) is 0 Å². The molecule has 0 spiro atoms. The molecule has 1 aliphatic heterocycles. The van der Waals surface area contributed by atoms with Gasteiger partial charge in [-0.15, -0.1) is 0 Å². The Morgan fingerprint density at radius 2 is 2.22 bits per heavy atom. The van der Waals surface area contributed by atoms with Gasteiger partial charge in [0.25, 0.3) is 0 Å². The smallest absolute Gasteiger partial charge is 0.248 e. The van der Waals surface area contributed by atoms with E-state index in [1.54, 1.807) is 0 Å². The lowest BCUT2D eigenvalue weighted by atomic mass is 10.2. The van der Waals surface area contributed by atoms with Gasteiger partial charge in [0.05, 0.1) is 13.1 Å². The lowest BCUT2D eigenvalue weighted by molar-refractivity contribution is -0.147. The summed E-state index contributed by atoms with van der Waals surface area (Å²) in [7, 11) is 0. The molecule has 0 aliphatic carbocycles. The van der Waals surface area contributed by atoms with E-state index in [0.29, 0.717) is 0 Å². The summed E-state index contributed by atoms with van der Waals surface area (Å²) in [5.74, 6) is -0.345. The second kappa shape index (κ2) is 2.33. The van der Waals surface area contributed by atoms with Crippen LogP contribution in [0.5, 0.6) is 0 Å². The lowest BCUT2D eigenvalue weighted by Gasteiger charge is -2.33. The van der Waals surface area contributed by atoms with Crippen molar-refractivity contribution in [3.8, 4) is 0 Å². The number of amides is 1. The topological polar surface area (TPSA) is 60.4 Å². The highest BCUT2D eigenvalue weighted by Crippen LogP contribution is 2.06. The van der Waals surface area contributed by atoms with Crippen molar-refractivity contribution in [2.75, 3.05) is 19.7 Å². The molecule has 51 valence electrons. The van der Waals surface area contributed by atoms with Gasteiger partial charge in [-0.2, -0.15) is 0 Å². The first-order valence-corrected chi connectivity index (χ1v) is 2.78. The van der Waals surface area contributed by atoms with Gasteiger partial charge in [0.2, 0.25) is 5.91 Å². The van der Waals surface area contributed by atoms with E-state index in [9.17, 15) is 9.90 Å². The zero-order valence-corrected chi connectivity index (χ0v) is 4.91. The maximum Gasteiger partial charge on any atom is 0.248 e. The monoisotopic (exact) mass is 130 g/mol. The van der Waals surface area contributed by atoms with Crippen molar-refractivity contribution in [3.63, 3.8) is 0 Å². The molecule has 0 aromatic carbocycles. The Hall–Kier alpha value is -0.610. The molecule has 1 radical (unpaired) electrons. The second-order valence-corrected chi connectivity index (χ2v) is 2.08. The normalized spacial score (nSPS) is 19.6. The molecule has 0 bridgehead atoms. The number of hydrogen-bond donors (Lipinski definition) is 1. The van der Waals surface area contributed by atoms with Gasteiger partial charge in [-0.25, -0.2) is 5.11 Å². The van der Waals surface area contributed by atoms with Crippen LogP contribution in [0, 0.1) is 0 Å². The molecule has 0 aromatic rings. The van der Waals surface area contributed by atoms with Crippen LogP contribution in [-0.2, 0) is 9.90 Å². The molecule has 0 saturated carbocycles. The van der Waals surface area contributed by atoms with Crippen LogP contribution in [-0.4, -0.2) is 41.7 Å². The van der Waals surface area contributed by atoms with Gasteiger partial charge in [0.1, 0.15) is 12.7 Å². The van der Waals surface area contributed by atoms with Gasteiger partial charge in [0, 0.05) is 0 Å². The molecule has 0 unspecified atom stereocenters. The maximum absolute atomic E-state index is 10.5. The molecular weight excluding hydrogens is 122 g/mol. The van der Waals surface area contributed by atoms with Crippen molar-refractivity contribution in [1.29, 1.82) is 0 Å². The van der Waals surface area contributed by atoms with E-state index in [1.165, 1.54) is 4.90 Å². The van der Waals surface area contributed by atoms with E-state index in [2.05, 4.69) is 0 Å². The minimum Gasteiger partial charge on any atom is -0.387 e. The summed E-state index contributed by atoms with van der Waals surface area (Å²) in [6, 6.07) is 0. The summed E-state index contributed by atoms with van der Waals surface area (Å²) in [6.45, 7) is 0.0471. The first-order valence-electron chi connectivity index (χ1n) is 2.78. The van der Waals surface area contributed by atoms with E-state index in [0.717, 1.165) is 0 Å². The van der Waals surface area contributed by atoms with Crippen LogP contribution in [0.3, 0.4) is 0 Å². The van der Waals surface area contributed by atoms with Gasteiger partial charge < -0.3 is 10.0 Å². The van der Waals surface area contributed by atoms with Crippen molar-refractivity contribution in [3.05, 3.63) is 0 Å². The fourth-order valence-corrected chi connectivity index (χ4v) is 0.742. The number of rotatable bonds is 1.